The van der Waals surface area contributed by atoms with E-state index in [0.29, 0.717) is 0 Å². The number of hydrogen-bond donors (Lipinski definition) is 0. The minimum atomic E-state index is -3.53. The number of anilines is 9. The predicted molar refractivity (Wildman–Crippen MR) is 405 cm³/mol. The van der Waals surface area contributed by atoms with Crippen LogP contribution in [0.4, 0.5) is 60.0 Å². The Morgan fingerprint density at radius 1 is 0.417 bits per heavy atom. The number of nitrogens with zero attached hydrogens (tertiary/aromatic N) is 3. The Bertz CT molecular complexity index is 5560. The fourth-order valence-corrected chi connectivity index (χ4v) is 22.7. The molecule has 2 aliphatic rings. The molecule has 2 aliphatic heterocycles. The lowest BCUT2D eigenvalue weighted by Crippen LogP contribution is -2.72. The van der Waals surface area contributed by atoms with Gasteiger partial charge in [0, 0.05) is 81.8 Å². The number of hydrogen-bond acceptors (Lipinski definition) is 6. The normalized spacial score (nSPS) is 13.3. The Balaban J connectivity index is 1.04. The number of para-hydroxylation sites is 3. The zero-order valence-electron chi connectivity index (χ0n) is 55.2. The summed E-state index contributed by atoms with van der Waals surface area (Å²) in [5, 5.41) is 7.88. The van der Waals surface area contributed by atoms with Crippen LogP contribution in [0.3, 0.4) is 0 Å². The fourth-order valence-electron chi connectivity index (χ4n) is 15.8. The van der Waals surface area contributed by atoms with Crippen molar-refractivity contribution in [2.45, 2.75) is 78.2 Å². The summed E-state index contributed by atoms with van der Waals surface area (Å²) in [5.41, 5.74) is 19.3. The molecule has 0 amide bonds. The predicted octanol–water partition coefficient (Wildman–Crippen LogP) is 21.1. The summed E-state index contributed by atoms with van der Waals surface area (Å²) in [7, 11) is -3.53. The van der Waals surface area contributed by atoms with Crippen LogP contribution in [0.1, 0.15) is 73.4 Å². The lowest BCUT2D eigenvalue weighted by Gasteiger charge is -2.48. The Kier molecular flexibility index (Phi) is 13.6. The van der Waals surface area contributed by atoms with E-state index in [1.54, 1.807) is 24.3 Å². The summed E-state index contributed by atoms with van der Waals surface area (Å²) in [6.07, 6.45) is 0. The van der Waals surface area contributed by atoms with Crippen molar-refractivity contribution in [3.63, 3.8) is 0 Å². The van der Waals surface area contributed by atoms with Crippen LogP contribution in [0.5, 0.6) is 0 Å². The number of thiophene rings is 1. The standard InChI is InChI=1S/C86H70BF2N3O2SSi/c1-84(2,3)54-27-34-58(35-28-54)90(72-24-16-13-21-65(72)53-19-11-10-12-20-53)61-36-43-71-73(50-61)91(59-37-44-78-68(48-59)66-22-14-17-25-76(66)93-78)74-51-64(96(86(7,8)9,62-39-30-56(88)31-40-62)63-41-32-57(89)33-42-63)52-75-81(74)87(71)83-82(70-47-55(85(4,5)6)29-46-80(70)95-83)92(75)60-38-45-79-69(49-60)67-23-15-18-26-77(67)94-79/h10-52H,1-9H3. The monoisotopic (exact) mass is 1290 g/mol. The van der Waals surface area contributed by atoms with Crippen molar-refractivity contribution in [2.75, 3.05) is 14.7 Å². The van der Waals surface area contributed by atoms with Crippen LogP contribution >= 0.6 is 11.3 Å². The van der Waals surface area contributed by atoms with Gasteiger partial charge in [-0.05, 0) is 186 Å². The highest BCUT2D eigenvalue weighted by Crippen LogP contribution is 2.52. The largest absolute Gasteiger partial charge is 0.456 e. The van der Waals surface area contributed by atoms with Gasteiger partial charge in [0.15, 0.2) is 8.07 Å². The van der Waals surface area contributed by atoms with Crippen LogP contribution in [0.2, 0.25) is 5.04 Å². The molecule has 0 saturated carbocycles. The molecule has 0 atom stereocenters. The maximum Gasteiger partial charge on any atom is 0.264 e. The first-order valence-corrected chi connectivity index (χ1v) is 36.0. The zero-order chi connectivity index (χ0) is 65.7. The Labute approximate surface area is 564 Å². The van der Waals surface area contributed by atoms with Gasteiger partial charge in [0.2, 0.25) is 0 Å². The zero-order valence-corrected chi connectivity index (χ0v) is 57.0. The van der Waals surface area contributed by atoms with Crippen molar-refractivity contribution in [1.29, 1.82) is 0 Å². The molecule has 0 aliphatic carbocycles. The SMILES string of the molecule is CC(C)(C)c1ccc(N(c2ccc3c(c2)N(c2ccc4oc5ccccc5c4c2)c2cc([Si](c4ccc(F)cc4)(c4ccc(F)cc4)C(C)(C)C)cc4c2B3c2sc3ccc(C(C)(C)C)cc3c2N4c2ccc3oc4ccccc4c3c2)c2ccccc2-c2ccccc2)cc1. The smallest absolute Gasteiger partial charge is 0.264 e. The molecule has 0 saturated heterocycles. The molecule has 468 valence electrons. The maximum atomic E-state index is 15.8. The highest BCUT2D eigenvalue weighted by atomic mass is 32.1. The van der Waals surface area contributed by atoms with Gasteiger partial charge in [-0.2, -0.15) is 0 Å². The summed E-state index contributed by atoms with van der Waals surface area (Å²) >= 11 is 1.88. The van der Waals surface area contributed by atoms with Gasteiger partial charge < -0.3 is 23.5 Å². The van der Waals surface area contributed by atoms with Gasteiger partial charge in [0.25, 0.3) is 6.71 Å². The summed E-state index contributed by atoms with van der Waals surface area (Å²) in [5.74, 6) is -0.631. The first kappa shape index (κ1) is 59.5. The van der Waals surface area contributed by atoms with Crippen LogP contribution in [0.15, 0.2) is 270 Å². The van der Waals surface area contributed by atoms with E-state index < -0.39 is 13.1 Å². The summed E-state index contributed by atoms with van der Waals surface area (Å²) in [4.78, 5) is 7.53. The van der Waals surface area contributed by atoms with E-state index in [2.05, 4.69) is 265 Å². The Morgan fingerprint density at radius 3 is 1.53 bits per heavy atom. The molecule has 12 aromatic carbocycles. The topological polar surface area (TPSA) is 36.0 Å². The molecule has 0 radical (unpaired) electrons. The third-order valence-corrected chi connectivity index (χ3v) is 27.4. The maximum absolute atomic E-state index is 15.8. The molecule has 0 N–H and O–H groups in total. The quantitative estimate of drug-likeness (QED) is 0.106. The lowest BCUT2D eigenvalue weighted by atomic mass is 9.36. The van der Waals surface area contributed by atoms with Crippen LogP contribution in [0.25, 0.3) is 65.1 Å². The highest BCUT2D eigenvalue weighted by molar-refractivity contribution is 7.33. The second-order valence-electron chi connectivity index (χ2n) is 29.1. The molecular weight excluding hydrogens is 1220 g/mol. The van der Waals surface area contributed by atoms with Crippen molar-refractivity contribution in [3.05, 3.63) is 284 Å². The van der Waals surface area contributed by atoms with E-state index in [4.69, 9.17) is 8.83 Å². The van der Waals surface area contributed by atoms with E-state index in [1.165, 1.54) is 26.0 Å². The van der Waals surface area contributed by atoms with Gasteiger partial charge >= 0.3 is 0 Å². The molecule has 0 fully saturated rings. The average Bonchev–Trinajstić information content (AvgIpc) is 1.13. The van der Waals surface area contributed by atoms with Gasteiger partial charge in [0.1, 0.15) is 34.0 Å². The van der Waals surface area contributed by atoms with Gasteiger partial charge in [0.05, 0.1) is 11.4 Å². The molecular formula is C86H70BF2N3O2SSi. The van der Waals surface area contributed by atoms with Crippen LogP contribution in [0, 0.1) is 11.6 Å². The molecule has 5 heterocycles. The number of fused-ring (bicyclic) bond motifs is 12. The minimum absolute atomic E-state index is 0.0688. The molecule has 17 rings (SSSR count). The van der Waals surface area contributed by atoms with Crippen molar-refractivity contribution in [3.8, 4) is 11.1 Å². The average molecular weight is 1290 g/mol. The van der Waals surface area contributed by atoms with Crippen molar-refractivity contribution < 1.29 is 17.6 Å². The van der Waals surface area contributed by atoms with E-state index in [1.807, 2.05) is 59.9 Å². The van der Waals surface area contributed by atoms with Crippen LogP contribution < -0.4 is 46.0 Å². The Morgan fingerprint density at radius 2 is 0.938 bits per heavy atom. The van der Waals surface area contributed by atoms with Gasteiger partial charge in [-0.1, -0.05) is 196 Å². The van der Waals surface area contributed by atoms with Gasteiger partial charge in [-0.25, -0.2) is 8.78 Å². The molecule has 0 spiro atoms. The third-order valence-electron chi connectivity index (χ3n) is 20.3. The number of benzene rings is 12. The van der Waals surface area contributed by atoms with Crippen molar-refractivity contribution in [2.24, 2.45) is 0 Å². The first-order valence-electron chi connectivity index (χ1n) is 33.2. The molecule has 5 nitrogen and oxygen atoms in total. The van der Waals surface area contributed by atoms with Crippen molar-refractivity contribution >= 4 is 163 Å². The molecule has 3 aromatic heterocycles. The fraction of sp³-hybridized carbons (Fsp3) is 0.140. The number of furan rings is 2. The van der Waals surface area contributed by atoms with Crippen LogP contribution in [-0.2, 0) is 10.8 Å². The highest BCUT2D eigenvalue weighted by Gasteiger charge is 2.53. The van der Waals surface area contributed by atoms with Gasteiger partial charge in [-0.15, -0.1) is 11.3 Å². The molecule has 0 unspecified atom stereocenters. The van der Waals surface area contributed by atoms with Crippen LogP contribution in [-0.4, -0.2) is 14.8 Å². The molecule has 15 aromatic rings. The summed E-state index contributed by atoms with van der Waals surface area (Å²) in [6, 6.07) is 92.2. The third kappa shape index (κ3) is 9.34. The second kappa shape index (κ2) is 21.9. The lowest BCUT2D eigenvalue weighted by molar-refractivity contribution is 0.590. The first-order chi connectivity index (χ1) is 46.3. The number of halogens is 2. The van der Waals surface area contributed by atoms with E-state index in [-0.39, 0.29) is 29.2 Å². The van der Waals surface area contributed by atoms with Gasteiger partial charge in [-0.3, -0.25) is 0 Å². The number of rotatable bonds is 9. The summed E-state index contributed by atoms with van der Waals surface area (Å²) in [6.45, 7) is 20.4. The van der Waals surface area contributed by atoms with E-state index in [9.17, 15) is 0 Å². The molecule has 0 bridgehead atoms. The van der Waals surface area contributed by atoms with E-state index >= 15 is 8.78 Å². The molecule has 10 heteroatoms. The van der Waals surface area contributed by atoms with E-state index in [0.717, 1.165) is 133 Å². The Hall–Kier alpha value is -10.3. The summed E-state index contributed by atoms with van der Waals surface area (Å²) < 4.78 is 47.3. The second-order valence-corrected chi connectivity index (χ2v) is 35.0. The molecule has 96 heavy (non-hydrogen) atoms. The minimum Gasteiger partial charge on any atom is -0.456 e. The van der Waals surface area contributed by atoms with Crippen molar-refractivity contribution in [1.82, 2.24) is 0 Å².